The molecule has 1 aliphatic heterocycles. The lowest BCUT2D eigenvalue weighted by Crippen LogP contribution is -2.47. The van der Waals surface area contributed by atoms with E-state index in [1.807, 2.05) is 52.9 Å². The highest BCUT2D eigenvalue weighted by Crippen LogP contribution is 2.24. The van der Waals surface area contributed by atoms with Crippen LogP contribution in [0.3, 0.4) is 0 Å². The Morgan fingerprint density at radius 3 is 2.63 bits per heavy atom. The van der Waals surface area contributed by atoms with Crippen molar-refractivity contribution in [3.8, 4) is 0 Å². The maximum Gasteiger partial charge on any atom is 0.251 e. The van der Waals surface area contributed by atoms with Crippen molar-refractivity contribution in [2.24, 2.45) is 0 Å². The molecule has 2 N–H and O–H groups in total. The lowest BCUT2D eigenvalue weighted by atomic mass is 10.1. The Balaban J connectivity index is 0.00000337. The van der Waals surface area contributed by atoms with E-state index in [2.05, 4.69) is 62.7 Å². The molecule has 1 fully saturated rings. The number of nitrogens with one attached hydrogen (secondary N) is 2. The number of aromatic nitrogens is 4. The van der Waals surface area contributed by atoms with Crippen LogP contribution >= 0.6 is 12.4 Å². The molecule has 3 aromatic carbocycles. The molecule has 41 heavy (non-hydrogen) atoms. The molecule has 0 spiro atoms. The fourth-order valence-electron chi connectivity index (χ4n) is 5.34. The summed E-state index contributed by atoms with van der Waals surface area (Å²) in [7, 11) is 0. The molecular weight excluding hydrogens is 536 g/mol. The molecule has 0 unspecified atom stereocenters. The number of hydrogen-bond donors (Lipinski definition) is 2. The number of nitrogens with zero attached hydrogens (tertiary/aromatic N) is 6. The molecule has 9 nitrogen and oxygen atoms in total. The van der Waals surface area contributed by atoms with Gasteiger partial charge >= 0.3 is 0 Å². The number of rotatable bonds is 8. The third kappa shape index (κ3) is 6.26. The Morgan fingerprint density at radius 2 is 1.78 bits per heavy atom. The van der Waals surface area contributed by atoms with Gasteiger partial charge in [-0.1, -0.05) is 30.3 Å². The van der Waals surface area contributed by atoms with Gasteiger partial charge in [-0.3, -0.25) is 14.1 Å². The van der Waals surface area contributed by atoms with Gasteiger partial charge in [0.05, 0.1) is 11.0 Å². The number of anilines is 3. The molecule has 2 aromatic heterocycles. The van der Waals surface area contributed by atoms with Crippen molar-refractivity contribution in [1.29, 1.82) is 0 Å². The van der Waals surface area contributed by atoms with E-state index in [0.717, 1.165) is 55.9 Å². The van der Waals surface area contributed by atoms with Gasteiger partial charge in [0.25, 0.3) is 5.91 Å². The zero-order valence-electron chi connectivity index (χ0n) is 23.4. The second-order valence-corrected chi connectivity index (χ2v) is 10.4. The first kappa shape index (κ1) is 28.3. The first-order valence-electron chi connectivity index (χ1n) is 13.8. The van der Waals surface area contributed by atoms with Crippen molar-refractivity contribution >= 4 is 52.2 Å². The second-order valence-electron chi connectivity index (χ2n) is 10.4. The summed E-state index contributed by atoms with van der Waals surface area (Å²) < 4.78 is 1.91. The monoisotopic (exact) mass is 570 g/mol. The zero-order valence-corrected chi connectivity index (χ0v) is 24.2. The number of carbonyl (C=O) groups is 1. The van der Waals surface area contributed by atoms with E-state index in [1.54, 1.807) is 6.33 Å². The molecule has 212 valence electrons. The SMILES string of the molecule is Cc1ccc(C)c(N2CCN(CCCNC(=O)c3cccc(Nc4nc5ccccc5n5cnnc45)c3)CC2)c1.Cl. The minimum Gasteiger partial charge on any atom is -0.369 e. The third-order valence-electron chi connectivity index (χ3n) is 7.53. The second kappa shape index (κ2) is 12.5. The number of piperazine rings is 1. The smallest absolute Gasteiger partial charge is 0.251 e. The predicted octanol–water partition coefficient (Wildman–Crippen LogP) is 5.00. The Labute approximate surface area is 246 Å². The van der Waals surface area contributed by atoms with E-state index in [-0.39, 0.29) is 18.3 Å². The maximum absolute atomic E-state index is 12.9. The molecule has 1 aliphatic rings. The van der Waals surface area contributed by atoms with Crippen LogP contribution < -0.4 is 15.5 Å². The van der Waals surface area contributed by atoms with Crippen molar-refractivity contribution in [3.63, 3.8) is 0 Å². The summed E-state index contributed by atoms with van der Waals surface area (Å²) in [4.78, 5) is 22.6. The summed E-state index contributed by atoms with van der Waals surface area (Å²) in [6.07, 6.45) is 2.60. The Hall–Kier alpha value is -4.21. The fraction of sp³-hybridized carbons (Fsp3) is 0.290. The number of benzene rings is 3. The van der Waals surface area contributed by atoms with Crippen LogP contribution in [0, 0.1) is 13.8 Å². The zero-order chi connectivity index (χ0) is 27.5. The van der Waals surface area contributed by atoms with E-state index in [1.165, 1.54) is 16.8 Å². The highest BCUT2D eigenvalue weighted by molar-refractivity contribution is 5.95. The maximum atomic E-state index is 12.9. The summed E-state index contributed by atoms with van der Waals surface area (Å²) in [6, 6.07) is 22.0. The van der Waals surface area contributed by atoms with E-state index >= 15 is 0 Å². The molecule has 0 aliphatic carbocycles. The molecule has 1 saturated heterocycles. The van der Waals surface area contributed by atoms with Gasteiger partial charge in [-0.2, -0.15) is 0 Å². The number of amides is 1. The summed E-state index contributed by atoms with van der Waals surface area (Å²) in [5, 5.41) is 14.7. The fourth-order valence-corrected chi connectivity index (χ4v) is 5.34. The van der Waals surface area contributed by atoms with E-state index in [0.29, 0.717) is 23.6 Å². The Morgan fingerprint density at radius 1 is 0.951 bits per heavy atom. The number of hydrogen-bond acceptors (Lipinski definition) is 7. The van der Waals surface area contributed by atoms with Gasteiger partial charge in [0.1, 0.15) is 6.33 Å². The molecule has 3 heterocycles. The molecule has 0 atom stereocenters. The number of fused-ring (bicyclic) bond motifs is 3. The van der Waals surface area contributed by atoms with Gasteiger partial charge in [-0.15, -0.1) is 22.6 Å². The highest BCUT2D eigenvalue weighted by Gasteiger charge is 2.18. The molecular formula is C31H35ClN8O. The van der Waals surface area contributed by atoms with E-state index < -0.39 is 0 Å². The molecule has 10 heteroatoms. The normalized spacial score (nSPS) is 13.8. The van der Waals surface area contributed by atoms with Gasteiger partial charge < -0.3 is 15.5 Å². The van der Waals surface area contributed by atoms with Crippen molar-refractivity contribution in [3.05, 3.63) is 89.7 Å². The summed E-state index contributed by atoms with van der Waals surface area (Å²) in [5.74, 6) is 0.508. The first-order valence-corrected chi connectivity index (χ1v) is 13.8. The van der Waals surface area contributed by atoms with Crippen LogP contribution in [0.5, 0.6) is 0 Å². The number of aryl methyl sites for hydroxylation is 2. The molecule has 0 radical (unpaired) electrons. The number of para-hydroxylation sites is 2. The third-order valence-corrected chi connectivity index (χ3v) is 7.53. The molecule has 0 saturated carbocycles. The average molecular weight is 571 g/mol. The predicted molar refractivity (Wildman–Crippen MR) is 167 cm³/mol. The topological polar surface area (TPSA) is 90.7 Å². The van der Waals surface area contributed by atoms with Crippen LogP contribution in [0.4, 0.5) is 17.2 Å². The minimum absolute atomic E-state index is 0. The van der Waals surface area contributed by atoms with Crippen molar-refractivity contribution < 1.29 is 4.79 Å². The largest absolute Gasteiger partial charge is 0.369 e. The van der Waals surface area contributed by atoms with Crippen molar-refractivity contribution in [1.82, 2.24) is 29.8 Å². The van der Waals surface area contributed by atoms with Gasteiger partial charge in [0.2, 0.25) is 5.65 Å². The van der Waals surface area contributed by atoms with Crippen LogP contribution in [0.15, 0.2) is 73.1 Å². The van der Waals surface area contributed by atoms with E-state index in [4.69, 9.17) is 4.98 Å². The van der Waals surface area contributed by atoms with E-state index in [9.17, 15) is 4.79 Å². The standard InChI is InChI=1S/C31H34N8O.ClH/c1-22-11-12-23(2)28(19-22)38-17-15-37(16-18-38)14-6-13-32-31(40)24-7-5-8-25(20-24)34-29-30-36-33-21-39(30)27-10-4-3-9-26(27)35-29;/h3-5,7-12,19-21H,6,13-18H2,1-2H3,(H,32,40)(H,34,35);1H. The Kier molecular flexibility index (Phi) is 8.66. The van der Waals surface area contributed by atoms with Crippen LogP contribution in [-0.4, -0.2) is 69.7 Å². The number of carbonyl (C=O) groups excluding carboxylic acids is 1. The lowest BCUT2D eigenvalue weighted by molar-refractivity contribution is 0.0951. The summed E-state index contributed by atoms with van der Waals surface area (Å²) in [5.41, 5.74) is 7.75. The molecule has 1 amide bonds. The van der Waals surface area contributed by atoms with Crippen molar-refractivity contribution in [2.75, 3.05) is 49.5 Å². The molecule has 6 rings (SSSR count). The highest BCUT2D eigenvalue weighted by atomic mass is 35.5. The molecule has 0 bridgehead atoms. The van der Waals surface area contributed by atoms with Crippen LogP contribution in [-0.2, 0) is 0 Å². The van der Waals surface area contributed by atoms with Gasteiger partial charge in [0.15, 0.2) is 5.82 Å². The van der Waals surface area contributed by atoms with Crippen LogP contribution in [0.25, 0.3) is 16.7 Å². The number of halogens is 1. The average Bonchev–Trinajstić information content (AvgIpc) is 3.48. The molecule has 5 aromatic rings. The minimum atomic E-state index is -0.0810. The Bertz CT molecular complexity index is 1660. The summed E-state index contributed by atoms with van der Waals surface area (Å²) in [6.45, 7) is 10.1. The van der Waals surface area contributed by atoms with Gasteiger partial charge in [-0.05, 0) is 74.3 Å². The van der Waals surface area contributed by atoms with Gasteiger partial charge in [0, 0.05) is 49.7 Å². The lowest BCUT2D eigenvalue weighted by Gasteiger charge is -2.37. The van der Waals surface area contributed by atoms with Gasteiger partial charge in [-0.25, -0.2) is 4.98 Å². The van der Waals surface area contributed by atoms with Crippen LogP contribution in [0.1, 0.15) is 27.9 Å². The first-order chi connectivity index (χ1) is 19.5. The van der Waals surface area contributed by atoms with Crippen LogP contribution in [0.2, 0.25) is 0 Å². The summed E-state index contributed by atoms with van der Waals surface area (Å²) >= 11 is 0. The quantitative estimate of drug-likeness (QED) is 0.254. The van der Waals surface area contributed by atoms with Crippen molar-refractivity contribution in [2.45, 2.75) is 20.3 Å².